The highest BCUT2D eigenvalue weighted by Gasteiger charge is 2.46. The maximum absolute atomic E-state index is 14.2. The lowest BCUT2D eigenvalue weighted by atomic mass is 9.85. The summed E-state index contributed by atoms with van der Waals surface area (Å²) >= 11 is 1.39. The molecule has 2 aromatic carbocycles. The van der Waals surface area contributed by atoms with Crippen molar-refractivity contribution in [1.29, 1.82) is 0 Å². The van der Waals surface area contributed by atoms with Gasteiger partial charge < -0.3 is 5.11 Å². The minimum Gasteiger partial charge on any atom is -0.510 e. The molecule has 0 saturated carbocycles. The van der Waals surface area contributed by atoms with E-state index in [1.54, 1.807) is 18.2 Å². The number of rotatable bonds is 3. The number of carbonyl (C=O) groups excluding carboxylic acids is 1. The lowest BCUT2D eigenvalue weighted by Crippen LogP contribution is -2.41. The minimum atomic E-state index is -1.25. The Bertz CT molecular complexity index is 1040. The molecule has 1 N–H and O–H groups in total. The largest absolute Gasteiger partial charge is 0.510 e. The molecule has 0 fully saturated rings. The number of aliphatic hydroxyl groups is 1. The van der Waals surface area contributed by atoms with E-state index < -0.39 is 26.9 Å². The van der Waals surface area contributed by atoms with Crippen LogP contribution in [0.2, 0.25) is 0 Å². The topological polar surface area (TPSA) is 37.3 Å². The first-order valence-electron chi connectivity index (χ1n) is 9.36. The van der Waals surface area contributed by atoms with Crippen LogP contribution < -0.4 is 0 Å². The van der Waals surface area contributed by atoms with Gasteiger partial charge in [0.25, 0.3) is 0 Å². The van der Waals surface area contributed by atoms with Crippen molar-refractivity contribution in [1.82, 2.24) is 0 Å². The van der Waals surface area contributed by atoms with Crippen LogP contribution in [-0.2, 0) is 11.2 Å². The summed E-state index contributed by atoms with van der Waals surface area (Å²) in [4.78, 5) is 13.1. The first-order chi connectivity index (χ1) is 13.4. The van der Waals surface area contributed by atoms with Crippen LogP contribution in [0.15, 0.2) is 36.1 Å². The molecule has 0 radical (unpaired) electrons. The lowest BCUT2D eigenvalue weighted by molar-refractivity contribution is -0.115. The fourth-order valence-corrected chi connectivity index (χ4v) is 5.40. The molecule has 1 aliphatic rings. The zero-order chi connectivity index (χ0) is 21.7. The molecule has 0 aliphatic carbocycles. The average Bonchev–Trinajstić information content (AvgIpc) is 2.63. The number of aliphatic hydroxyl groups excluding tert-OH is 1. The molecule has 1 heterocycles. The predicted molar refractivity (Wildman–Crippen MR) is 111 cm³/mol. The van der Waals surface area contributed by atoms with Crippen molar-refractivity contribution < 1.29 is 23.1 Å². The van der Waals surface area contributed by atoms with Crippen molar-refractivity contribution in [2.75, 3.05) is 0 Å². The second-order valence-electron chi connectivity index (χ2n) is 8.15. The normalized spacial score (nSPS) is 18.3. The molecular formula is C23H23F3O2S. The molecule has 0 unspecified atom stereocenters. The number of allylic oxidation sites excluding steroid dienone is 1. The smallest absolute Gasteiger partial charge is 0.182 e. The van der Waals surface area contributed by atoms with Crippen LogP contribution in [0.5, 0.6) is 0 Å². The van der Waals surface area contributed by atoms with Gasteiger partial charge in [-0.3, -0.25) is 4.79 Å². The number of halogens is 3. The van der Waals surface area contributed by atoms with Gasteiger partial charge in [0, 0.05) is 11.6 Å². The molecule has 1 aliphatic heterocycles. The van der Waals surface area contributed by atoms with Crippen molar-refractivity contribution in [3.8, 4) is 11.1 Å². The quantitative estimate of drug-likeness (QED) is 0.578. The number of hydrogen-bond donors (Lipinski definition) is 1. The van der Waals surface area contributed by atoms with Crippen molar-refractivity contribution in [2.45, 2.75) is 50.5 Å². The maximum atomic E-state index is 14.2. The summed E-state index contributed by atoms with van der Waals surface area (Å²) < 4.78 is 39.8. The van der Waals surface area contributed by atoms with Gasteiger partial charge in [0.1, 0.15) is 11.6 Å². The Morgan fingerprint density at radius 2 is 1.52 bits per heavy atom. The Balaban J connectivity index is 2.20. The van der Waals surface area contributed by atoms with E-state index in [0.29, 0.717) is 29.2 Å². The molecule has 0 bridgehead atoms. The zero-order valence-electron chi connectivity index (χ0n) is 17.0. The van der Waals surface area contributed by atoms with E-state index >= 15 is 0 Å². The van der Waals surface area contributed by atoms with Gasteiger partial charge in [-0.1, -0.05) is 25.1 Å². The van der Waals surface area contributed by atoms with Crippen LogP contribution in [0.4, 0.5) is 13.2 Å². The van der Waals surface area contributed by atoms with E-state index in [4.69, 9.17) is 0 Å². The number of Topliss-reactive ketones (excluding diaryl/α,β-unsaturated/α-hetero) is 1. The summed E-state index contributed by atoms with van der Waals surface area (Å²) in [5.74, 6) is -3.42. The van der Waals surface area contributed by atoms with Crippen molar-refractivity contribution in [3.05, 3.63) is 64.7 Å². The number of aryl methyl sites for hydroxylation is 1. The van der Waals surface area contributed by atoms with Gasteiger partial charge in [0.15, 0.2) is 17.4 Å². The summed E-state index contributed by atoms with van der Waals surface area (Å²) in [6.45, 7) is 9.24. The van der Waals surface area contributed by atoms with Crippen LogP contribution >= 0.6 is 11.8 Å². The molecule has 29 heavy (non-hydrogen) atoms. The van der Waals surface area contributed by atoms with Gasteiger partial charge >= 0.3 is 0 Å². The van der Waals surface area contributed by atoms with Gasteiger partial charge in [-0.2, -0.15) is 0 Å². The highest BCUT2D eigenvalue weighted by atomic mass is 32.2. The Morgan fingerprint density at radius 3 is 2.14 bits per heavy atom. The second kappa shape index (κ2) is 7.24. The van der Waals surface area contributed by atoms with Crippen LogP contribution in [0.25, 0.3) is 16.7 Å². The number of ketones is 1. The SMILES string of the molecule is CCc1cc(-c2cc(F)c(F)cc2F)ccc1C1=C(O)C(C)(C)SC(C)(C)C1=O. The van der Waals surface area contributed by atoms with Gasteiger partial charge in [-0.05, 0) is 56.9 Å². The van der Waals surface area contributed by atoms with E-state index in [0.717, 1.165) is 6.07 Å². The fourth-order valence-electron chi connectivity index (χ4n) is 3.73. The van der Waals surface area contributed by atoms with Gasteiger partial charge in [0.05, 0.1) is 15.1 Å². The molecule has 0 saturated heterocycles. The number of hydrogen-bond acceptors (Lipinski definition) is 3. The van der Waals surface area contributed by atoms with Crippen LogP contribution in [0.1, 0.15) is 45.7 Å². The van der Waals surface area contributed by atoms with Crippen molar-refractivity contribution in [3.63, 3.8) is 0 Å². The Hall–Kier alpha value is -2.21. The molecule has 154 valence electrons. The zero-order valence-corrected chi connectivity index (χ0v) is 17.8. The average molecular weight is 420 g/mol. The van der Waals surface area contributed by atoms with Gasteiger partial charge in [0.2, 0.25) is 0 Å². The van der Waals surface area contributed by atoms with Crippen LogP contribution in [-0.4, -0.2) is 20.4 Å². The van der Waals surface area contributed by atoms with Crippen LogP contribution in [0.3, 0.4) is 0 Å². The molecule has 0 spiro atoms. The fraction of sp³-hybridized carbons (Fsp3) is 0.348. The molecule has 6 heteroatoms. The Kier molecular flexibility index (Phi) is 5.37. The third kappa shape index (κ3) is 3.70. The van der Waals surface area contributed by atoms with Crippen LogP contribution in [0, 0.1) is 17.5 Å². The molecule has 2 aromatic rings. The number of carbonyl (C=O) groups is 1. The summed E-state index contributed by atoms with van der Waals surface area (Å²) in [7, 11) is 0. The number of benzene rings is 2. The third-order valence-electron chi connectivity index (χ3n) is 5.17. The van der Waals surface area contributed by atoms with E-state index in [-0.39, 0.29) is 22.7 Å². The van der Waals surface area contributed by atoms with Crippen molar-refractivity contribution in [2.24, 2.45) is 0 Å². The van der Waals surface area contributed by atoms with E-state index in [1.165, 1.54) is 11.8 Å². The van der Waals surface area contributed by atoms with Gasteiger partial charge in [-0.15, -0.1) is 11.8 Å². The Labute approximate surface area is 172 Å². The number of thioether (sulfide) groups is 1. The van der Waals surface area contributed by atoms with Gasteiger partial charge in [-0.25, -0.2) is 13.2 Å². The highest BCUT2D eigenvalue weighted by Crippen LogP contribution is 2.50. The molecular weight excluding hydrogens is 397 g/mol. The monoisotopic (exact) mass is 420 g/mol. The molecule has 3 rings (SSSR count). The van der Waals surface area contributed by atoms with E-state index in [9.17, 15) is 23.1 Å². The molecule has 0 aromatic heterocycles. The lowest BCUT2D eigenvalue weighted by Gasteiger charge is -2.39. The maximum Gasteiger partial charge on any atom is 0.182 e. The second-order valence-corrected chi connectivity index (χ2v) is 10.4. The van der Waals surface area contributed by atoms with E-state index in [1.807, 2.05) is 34.6 Å². The third-order valence-corrected chi connectivity index (χ3v) is 6.57. The molecule has 2 nitrogen and oxygen atoms in total. The minimum absolute atomic E-state index is 0.00767. The highest BCUT2D eigenvalue weighted by molar-refractivity contribution is 8.03. The Morgan fingerprint density at radius 1 is 0.897 bits per heavy atom. The molecule has 0 amide bonds. The summed E-state index contributed by atoms with van der Waals surface area (Å²) in [5.41, 5.74) is 1.85. The predicted octanol–water partition coefficient (Wildman–Crippen LogP) is 6.48. The summed E-state index contributed by atoms with van der Waals surface area (Å²) in [6, 6.07) is 6.19. The molecule has 0 atom stereocenters. The van der Waals surface area contributed by atoms with E-state index in [2.05, 4.69) is 0 Å². The first kappa shape index (κ1) is 21.5. The summed E-state index contributed by atoms with van der Waals surface area (Å²) in [5, 5.41) is 10.9. The summed E-state index contributed by atoms with van der Waals surface area (Å²) in [6.07, 6.45) is 0.506. The van der Waals surface area contributed by atoms with Crippen molar-refractivity contribution >= 4 is 23.1 Å². The standard InChI is InChI=1S/C23H23F3O2S/c1-6-12-9-13(15-10-17(25)18(26)11-16(15)24)7-8-14(12)19-20(27)22(2,3)29-23(4,5)21(19)28/h7-11,27H,6H2,1-5H3. The first-order valence-corrected chi connectivity index (χ1v) is 10.2.